The van der Waals surface area contributed by atoms with E-state index in [0.717, 1.165) is 40.5 Å². The molecule has 0 spiro atoms. The molecule has 3 aromatic carbocycles. The number of carboxylic acids is 1. The smallest absolute Gasteiger partial charge is 0.416 e. The van der Waals surface area contributed by atoms with E-state index in [9.17, 15) is 18.0 Å². The van der Waals surface area contributed by atoms with Gasteiger partial charge in [0, 0.05) is 37.5 Å². The first-order valence-electron chi connectivity index (χ1n) is 13.2. The SMILES string of the molecule is CN(CCC(=O)O)c1ccc(CN(CCC(c2ccccc2)c2ccccc2)Cc2ccc(C(F)(F)F)cc2)s1. The van der Waals surface area contributed by atoms with E-state index in [1.54, 1.807) is 23.5 Å². The topological polar surface area (TPSA) is 43.8 Å². The maximum absolute atomic E-state index is 13.1. The van der Waals surface area contributed by atoms with Crippen molar-refractivity contribution in [2.45, 2.75) is 38.0 Å². The average Bonchev–Trinajstić information content (AvgIpc) is 3.41. The lowest BCUT2D eigenvalue weighted by molar-refractivity contribution is -0.138. The van der Waals surface area contributed by atoms with E-state index in [1.807, 2.05) is 60.5 Å². The summed E-state index contributed by atoms with van der Waals surface area (Å²) in [5.74, 6) is -0.656. The van der Waals surface area contributed by atoms with Gasteiger partial charge in [-0.25, -0.2) is 0 Å². The number of benzene rings is 3. The van der Waals surface area contributed by atoms with Gasteiger partial charge in [0.05, 0.1) is 17.0 Å². The molecule has 0 aliphatic carbocycles. The number of thiophene rings is 1. The molecule has 8 heteroatoms. The Bertz CT molecular complexity index is 1300. The Hall–Kier alpha value is -3.62. The lowest BCUT2D eigenvalue weighted by Gasteiger charge is -2.26. The zero-order valence-electron chi connectivity index (χ0n) is 22.3. The summed E-state index contributed by atoms with van der Waals surface area (Å²) in [5, 5.41) is 9.99. The molecule has 0 atom stereocenters. The average molecular weight is 567 g/mol. The summed E-state index contributed by atoms with van der Waals surface area (Å²) in [5.41, 5.74) is 2.62. The molecule has 0 amide bonds. The minimum Gasteiger partial charge on any atom is -0.481 e. The Kier molecular flexibility index (Phi) is 10.0. The first-order valence-corrected chi connectivity index (χ1v) is 14.0. The van der Waals surface area contributed by atoms with Gasteiger partial charge in [-0.2, -0.15) is 13.2 Å². The van der Waals surface area contributed by atoms with Crippen LogP contribution in [0.15, 0.2) is 97.1 Å². The van der Waals surface area contributed by atoms with Crippen LogP contribution >= 0.6 is 11.3 Å². The van der Waals surface area contributed by atoms with E-state index in [-0.39, 0.29) is 12.3 Å². The van der Waals surface area contributed by atoms with Crippen molar-refractivity contribution in [2.24, 2.45) is 0 Å². The van der Waals surface area contributed by atoms with Crippen LogP contribution < -0.4 is 4.90 Å². The number of alkyl halides is 3. The summed E-state index contributed by atoms with van der Waals surface area (Å²) in [6, 6.07) is 30.2. The van der Waals surface area contributed by atoms with Crippen LogP contribution in [0.5, 0.6) is 0 Å². The predicted molar refractivity (Wildman–Crippen MR) is 155 cm³/mol. The number of aliphatic carboxylic acids is 1. The maximum Gasteiger partial charge on any atom is 0.416 e. The van der Waals surface area contributed by atoms with Crippen molar-refractivity contribution >= 4 is 22.3 Å². The maximum atomic E-state index is 13.1. The number of nitrogens with zero attached hydrogens (tertiary/aromatic N) is 2. The van der Waals surface area contributed by atoms with Crippen molar-refractivity contribution < 1.29 is 23.1 Å². The molecule has 210 valence electrons. The molecule has 1 heterocycles. The summed E-state index contributed by atoms with van der Waals surface area (Å²) in [4.78, 5) is 16.3. The Balaban J connectivity index is 1.54. The van der Waals surface area contributed by atoms with Crippen LogP contribution in [0.3, 0.4) is 0 Å². The van der Waals surface area contributed by atoms with Gasteiger partial charge in [0.1, 0.15) is 0 Å². The summed E-state index contributed by atoms with van der Waals surface area (Å²) < 4.78 is 39.4. The summed E-state index contributed by atoms with van der Waals surface area (Å²) in [7, 11) is 1.88. The fourth-order valence-electron chi connectivity index (χ4n) is 4.73. The molecule has 1 aromatic heterocycles. The van der Waals surface area contributed by atoms with Crippen LogP contribution in [0.2, 0.25) is 0 Å². The van der Waals surface area contributed by atoms with Gasteiger partial charge in [-0.3, -0.25) is 9.69 Å². The van der Waals surface area contributed by atoms with E-state index in [0.29, 0.717) is 19.6 Å². The molecule has 0 unspecified atom stereocenters. The summed E-state index contributed by atoms with van der Waals surface area (Å²) >= 11 is 1.61. The van der Waals surface area contributed by atoms with Gasteiger partial charge >= 0.3 is 12.1 Å². The number of hydrogen-bond donors (Lipinski definition) is 1. The van der Waals surface area contributed by atoms with E-state index < -0.39 is 17.7 Å². The highest BCUT2D eigenvalue weighted by molar-refractivity contribution is 7.16. The van der Waals surface area contributed by atoms with Gasteiger partial charge in [-0.15, -0.1) is 11.3 Å². The number of anilines is 1. The van der Waals surface area contributed by atoms with Crippen LogP contribution in [-0.2, 0) is 24.1 Å². The molecule has 0 aliphatic rings. The molecule has 0 saturated heterocycles. The third-order valence-corrected chi connectivity index (χ3v) is 8.07. The normalized spacial score (nSPS) is 11.8. The Morgan fingerprint density at radius 3 is 1.98 bits per heavy atom. The Labute approximate surface area is 237 Å². The molecule has 0 radical (unpaired) electrons. The van der Waals surface area contributed by atoms with Crippen LogP contribution in [-0.4, -0.2) is 36.1 Å². The van der Waals surface area contributed by atoms with E-state index in [4.69, 9.17) is 5.11 Å². The van der Waals surface area contributed by atoms with E-state index >= 15 is 0 Å². The van der Waals surface area contributed by atoms with Gasteiger partial charge in [0.15, 0.2) is 0 Å². The van der Waals surface area contributed by atoms with Crippen LogP contribution in [0, 0.1) is 0 Å². The van der Waals surface area contributed by atoms with Crippen molar-refractivity contribution in [2.75, 3.05) is 25.0 Å². The zero-order valence-corrected chi connectivity index (χ0v) is 23.2. The van der Waals surface area contributed by atoms with Crippen LogP contribution in [0.1, 0.15) is 45.9 Å². The van der Waals surface area contributed by atoms with Crippen molar-refractivity contribution in [1.29, 1.82) is 0 Å². The van der Waals surface area contributed by atoms with Gasteiger partial charge in [-0.1, -0.05) is 72.8 Å². The minimum absolute atomic E-state index is 0.0597. The number of carboxylic acid groups (broad SMARTS) is 1. The number of rotatable bonds is 13. The lowest BCUT2D eigenvalue weighted by atomic mass is 9.88. The van der Waals surface area contributed by atoms with Crippen molar-refractivity contribution in [3.63, 3.8) is 0 Å². The molecular weight excluding hydrogens is 533 g/mol. The number of halogens is 3. The third kappa shape index (κ3) is 8.44. The largest absolute Gasteiger partial charge is 0.481 e. The molecule has 4 rings (SSSR count). The third-order valence-electron chi connectivity index (χ3n) is 6.89. The fourth-order valence-corrected chi connectivity index (χ4v) is 5.77. The highest BCUT2D eigenvalue weighted by atomic mass is 32.1. The fraction of sp³-hybridized carbons (Fsp3) is 0.281. The van der Waals surface area contributed by atoms with E-state index in [2.05, 4.69) is 29.2 Å². The second-order valence-corrected chi connectivity index (χ2v) is 11.0. The van der Waals surface area contributed by atoms with Crippen molar-refractivity contribution in [3.8, 4) is 0 Å². The molecule has 0 saturated carbocycles. The number of hydrogen-bond acceptors (Lipinski definition) is 4. The molecule has 0 bridgehead atoms. The quantitative estimate of drug-likeness (QED) is 0.179. The molecule has 0 fully saturated rings. The summed E-state index contributed by atoms with van der Waals surface area (Å²) in [6.07, 6.45) is -3.47. The minimum atomic E-state index is -4.36. The van der Waals surface area contributed by atoms with Crippen molar-refractivity contribution in [1.82, 2.24) is 4.90 Å². The van der Waals surface area contributed by atoms with Crippen molar-refractivity contribution in [3.05, 3.63) is 124 Å². The second-order valence-electron chi connectivity index (χ2n) is 9.87. The van der Waals surface area contributed by atoms with Gasteiger partial charge in [0.25, 0.3) is 0 Å². The summed E-state index contributed by atoms with van der Waals surface area (Å²) in [6.45, 7) is 2.29. The predicted octanol–water partition coefficient (Wildman–Crippen LogP) is 7.90. The van der Waals surface area contributed by atoms with Crippen LogP contribution in [0.25, 0.3) is 0 Å². The van der Waals surface area contributed by atoms with E-state index in [1.165, 1.54) is 11.1 Å². The highest BCUT2D eigenvalue weighted by Gasteiger charge is 2.30. The standard InChI is InChI=1S/C32H33F3N2O2S/c1-36(20-19-31(38)39)30-17-16-28(40-30)23-37(22-24-12-14-27(15-13-24)32(33,34)35)21-18-29(25-8-4-2-5-9-25)26-10-6-3-7-11-26/h2-17,29H,18-23H2,1H3,(H,38,39). The lowest BCUT2D eigenvalue weighted by Crippen LogP contribution is -2.25. The molecule has 4 nitrogen and oxygen atoms in total. The highest BCUT2D eigenvalue weighted by Crippen LogP contribution is 2.32. The molecule has 4 aromatic rings. The molecular formula is C32H33F3N2O2S. The molecule has 1 N–H and O–H groups in total. The Morgan fingerprint density at radius 1 is 0.825 bits per heavy atom. The van der Waals surface area contributed by atoms with Gasteiger partial charge in [-0.05, 0) is 53.9 Å². The second kappa shape index (κ2) is 13.6. The molecule has 0 aliphatic heterocycles. The first-order chi connectivity index (χ1) is 19.2. The van der Waals surface area contributed by atoms with Crippen LogP contribution in [0.4, 0.5) is 18.2 Å². The van der Waals surface area contributed by atoms with Gasteiger partial charge in [0.2, 0.25) is 0 Å². The monoisotopic (exact) mass is 566 g/mol. The number of carbonyl (C=O) groups is 1. The Morgan fingerprint density at radius 2 is 1.43 bits per heavy atom. The molecule has 40 heavy (non-hydrogen) atoms. The first kappa shape index (κ1) is 29.4. The van der Waals surface area contributed by atoms with Gasteiger partial charge < -0.3 is 10.0 Å². The zero-order chi connectivity index (χ0) is 28.5.